The standard InChI is InChI=1S/C9H11NO3S/c10-7-5-13-8-3-1-2-4-9(8)14(11,12)6-7/h1-4,7H,5-6,10H2. The Morgan fingerprint density at radius 1 is 1.36 bits per heavy atom. The number of hydrogen-bond donors (Lipinski definition) is 1. The minimum atomic E-state index is -3.28. The van der Waals surface area contributed by atoms with E-state index in [0.29, 0.717) is 5.75 Å². The molecule has 0 saturated heterocycles. The first-order valence-electron chi connectivity index (χ1n) is 4.30. The van der Waals surface area contributed by atoms with Crippen LogP contribution in [-0.2, 0) is 9.84 Å². The summed E-state index contributed by atoms with van der Waals surface area (Å²) in [4.78, 5) is 0.243. The van der Waals surface area contributed by atoms with Gasteiger partial charge < -0.3 is 10.5 Å². The van der Waals surface area contributed by atoms with E-state index in [0.717, 1.165) is 0 Å². The highest BCUT2D eigenvalue weighted by atomic mass is 32.2. The van der Waals surface area contributed by atoms with Gasteiger partial charge in [0.2, 0.25) is 0 Å². The summed E-state index contributed by atoms with van der Waals surface area (Å²) < 4.78 is 28.8. The number of para-hydroxylation sites is 1. The van der Waals surface area contributed by atoms with E-state index in [9.17, 15) is 8.42 Å². The van der Waals surface area contributed by atoms with Crippen molar-refractivity contribution in [3.05, 3.63) is 24.3 Å². The molecule has 5 heteroatoms. The largest absolute Gasteiger partial charge is 0.491 e. The van der Waals surface area contributed by atoms with Crippen LogP contribution in [0, 0.1) is 0 Å². The Morgan fingerprint density at radius 3 is 2.86 bits per heavy atom. The van der Waals surface area contributed by atoms with E-state index in [-0.39, 0.29) is 17.3 Å². The van der Waals surface area contributed by atoms with Gasteiger partial charge in [0, 0.05) is 0 Å². The molecule has 14 heavy (non-hydrogen) atoms. The smallest absolute Gasteiger partial charge is 0.183 e. The molecule has 0 saturated carbocycles. The van der Waals surface area contributed by atoms with Crippen molar-refractivity contribution in [1.29, 1.82) is 0 Å². The Bertz CT molecular complexity index is 441. The molecule has 1 atom stereocenters. The van der Waals surface area contributed by atoms with Crippen LogP contribution in [0.3, 0.4) is 0 Å². The van der Waals surface area contributed by atoms with Crippen molar-refractivity contribution in [3.8, 4) is 5.75 Å². The summed E-state index contributed by atoms with van der Waals surface area (Å²) in [6, 6.07) is 6.16. The fourth-order valence-electron chi connectivity index (χ4n) is 1.44. The number of benzene rings is 1. The molecule has 1 heterocycles. The van der Waals surface area contributed by atoms with E-state index >= 15 is 0 Å². The van der Waals surface area contributed by atoms with Crippen molar-refractivity contribution in [1.82, 2.24) is 0 Å². The van der Waals surface area contributed by atoms with Crippen molar-refractivity contribution in [2.24, 2.45) is 5.73 Å². The number of ether oxygens (including phenoxy) is 1. The van der Waals surface area contributed by atoms with Gasteiger partial charge in [0.15, 0.2) is 9.84 Å². The van der Waals surface area contributed by atoms with Crippen LogP contribution < -0.4 is 10.5 Å². The van der Waals surface area contributed by atoms with Gasteiger partial charge in [-0.2, -0.15) is 0 Å². The predicted molar refractivity (Wildman–Crippen MR) is 52.0 cm³/mol. The van der Waals surface area contributed by atoms with Gasteiger partial charge in [0.1, 0.15) is 17.3 Å². The normalized spacial score (nSPS) is 24.5. The zero-order chi connectivity index (χ0) is 10.2. The second kappa shape index (κ2) is 3.25. The second-order valence-electron chi connectivity index (χ2n) is 3.30. The zero-order valence-electron chi connectivity index (χ0n) is 7.51. The molecule has 1 aromatic rings. The number of nitrogens with two attached hydrogens (primary N) is 1. The maximum absolute atomic E-state index is 11.7. The van der Waals surface area contributed by atoms with E-state index in [1.807, 2.05) is 0 Å². The monoisotopic (exact) mass is 213 g/mol. The SMILES string of the molecule is NC1COc2ccccc2S(=O)(=O)C1. The molecular formula is C9H11NO3S. The molecule has 2 N–H and O–H groups in total. The summed E-state index contributed by atoms with van der Waals surface area (Å²) in [5.41, 5.74) is 5.59. The van der Waals surface area contributed by atoms with Gasteiger partial charge in [-0.15, -0.1) is 0 Å². The molecule has 0 fully saturated rings. The minimum Gasteiger partial charge on any atom is -0.491 e. The van der Waals surface area contributed by atoms with Crippen LogP contribution in [-0.4, -0.2) is 26.8 Å². The highest BCUT2D eigenvalue weighted by molar-refractivity contribution is 7.91. The van der Waals surface area contributed by atoms with Gasteiger partial charge in [0.25, 0.3) is 0 Å². The van der Waals surface area contributed by atoms with E-state index in [1.54, 1.807) is 24.3 Å². The lowest BCUT2D eigenvalue weighted by Crippen LogP contribution is -2.33. The van der Waals surface area contributed by atoms with Crippen LogP contribution in [0.15, 0.2) is 29.2 Å². The average Bonchev–Trinajstić information content (AvgIpc) is 2.24. The predicted octanol–water partition coefficient (Wildman–Crippen LogP) is 0.180. The summed E-state index contributed by atoms with van der Waals surface area (Å²) in [5.74, 6) is 0.352. The molecule has 0 spiro atoms. The van der Waals surface area contributed by atoms with Gasteiger partial charge in [-0.3, -0.25) is 0 Å². The van der Waals surface area contributed by atoms with Gasteiger partial charge in [0.05, 0.1) is 11.8 Å². The van der Waals surface area contributed by atoms with Gasteiger partial charge in [-0.1, -0.05) is 12.1 Å². The molecule has 1 aromatic carbocycles. The number of fused-ring (bicyclic) bond motifs is 1. The number of hydrogen-bond acceptors (Lipinski definition) is 4. The maximum Gasteiger partial charge on any atom is 0.183 e. The van der Waals surface area contributed by atoms with Crippen LogP contribution in [0.1, 0.15) is 0 Å². The van der Waals surface area contributed by atoms with Gasteiger partial charge >= 0.3 is 0 Å². The highest BCUT2D eigenvalue weighted by Gasteiger charge is 2.26. The van der Waals surface area contributed by atoms with E-state index in [1.165, 1.54) is 0 Å². The quantitative estimate of drug-likeness (QED) is 0.667. The molecule has 1 aliphatic rings. The average molecular weight is 213 g/mol. The molecule has 4 nitrogen and oxygen atoms in total. The maximum atomic E-state index is 11.7. The molecule has 1 aliphatic heterocycles. The van der Waals surface area contributed by atoms with Crippen LogP contribution in [0.4, 0.5) is 0 Å². The van der Waals surface area contributed by atoms with Gasteiger partial charge in [-0.05, 0) is 12.1 Å². The first-order valence-corrected chi connectivity index (χ1v) is 5.95. The number of sulfone groups is 1. The Balaban J connectivity index is 2.57. The lowest BCUT2D eigenvalue weighted by molar-refractivity contribution is 0.295. The topological polar surface area (TPSA) is 69.4 Å². The summed E-state index contributed by atoms with van der Waals surface area (Å²) in [6.07, 6.45) is 0. The van der Waals surface area contributed by atoms with Crippen LogP contribution in [0.5, 0.6) is 5.75 Å². The van der Waals surface area contributed by atoms with E-state index in [2.05, 4.69) is 0 Å². The van der Waals surface area contributed by atoms with Crippen molar-refractivity contribution in [3.63, 3.8) is 0 Å². The van der Waals surface area contributed by atoms with E-state index < -0.39 is 15.9 Å². The fraction of sp³-hybridized carbons (Fsp3) is 0.333. The third kappa shape index (κ3) is 1.60. The third-order valence-corrected chi connectivity index (χ3v) is 3.94. The molecule has 2 rings (SSSR count). The van der Waals surface area contributed by atoms with Crippen LogP contribution in [0.2, 0.25) is 0 Å². The number of rotatable bonds is 0. The van der Waals surface area contributed by atoms with Crippen LogP contribution in [0.25, 0.3) is 0 Å². The van der Waals surface area contributed by atoms with Crippen molar-refractivity contribution >= 4 is 9.84 Å². The van der Waals surface area contributed by atoms with Crippen molar-refractivity contribution in [2.75, 3.05) is 12.4 Å². The lowest BCUT2D eigenvalue weighted by atomic mass is 10.3. The minimum absolute atomic E-state index is 0.0516. The fourth-order valence-corrected chi connectivity index (χ4v) is 3.00. The molecule has 0 aliphatic carbocycles. The molecule has 0 aromatic heterocycles. The Morgan fingerprint density at radius 2 is 2.07 bits per heavy atom. The molecule has 0 radical (unpaired) electrons. The molecular weight excluding hydrogens is 202 g/mol. The lowest BCUT2D eigenvalue weighted by Gasteiger charge is -2.05. The first-order chi connectivity index (χ1) is 6.59. The van der Waals surface area contributed by atoms with E-state index in [4.69, 9.17) is 10.5 Å². The summed E-state index contributed by atoms with van der Waals surface area (Å²) in [6.45, 7) is 0.246. The van der Waals surface area contributed by atoms with Crippen molar-refractivity contribution in [2.45, 2.75) is 10.9 Å². The summed E-state index contributed by atoms with van der Waals surface area (Å²) >= 11 is 0. The highest BCUT2D eigenvalue weighted by Crippen LogP contribution is 2.26. The Hall–Kier alpha value is -1.07. The third-order valence-electron chi connectivity index (χ3n) is 2.07. The first kappa shape index (κ1) is 9.48. The molecule has 1 unspecified atom stereocenters. The summed E-state index contributed by atoms with van der Waals surface area (Å²) in [5, 5.41) is 0. The molecule has 76 valence electrons. The second-order valence-corrected chi connectivity index (χ2v) is 5.30. The van der Waals surface area contributed by atoms with Crippen molar-refractivity contribution < 1.29 is 13.2 Å². The Kier molecular flexibility index (Phi) is 2.20. The zero-order valence-corrected chi connectivity index (χ0v) is 8.33. The summed E-state index contributed by atoms with van der Waals surface area (Å²) in [7, 11) is -3.28. The van der Waals surface area contributed by atoms with Gasteiger partial charge in [-0.25, -0.2) is 8.42 Å². The molecule has 0 amide bonds. The molecule has 0 bridgehead atoms. The van der Waals surface area contributed by atoms with Crippen LogP contribution >= 0.6 is 0 Å². The Labute approximate surface area is 82.6 Å².